The van der Waals surface area contributed by atoms with E-state index >= 15 is 0 Å². The second-order valence-electron chi connectivity index (χ2n) is 10.8. The number of pyridine rings is 1. The molecule has 0 bridgehead atoms. The van der Waals surface area contributed by atoms with Gasteiger partial charge < -0.3 is 15.0 Å². The first-order chi connectivity index (χ1) is 19.0. The minimum absolute atomic E-state index is 0.0136. The predicted molar refractivity (Wildman–Crippen MR) is 157 cm³/mol. The molecule has 0 aliphatic rings. The van der Waals surface area contributed by atoms with Crippen LogP contribution in [0.5, 0.6) is 0 Å². The number of anilines is 1. The minimum Gasteiger partial charge on any atom is -0.443 e. The van der Waals surface area contributed by atoms with Crippen LogP contribution in [-0.2, 0) is 21.1 Å². The molecular formula is C32H33N5O3. The lowest BCUT2D eigenvalue weighted by atomic mass is 9.98. The maximum atomic E-state index is 12.4. The molecule has 2 aromatic carbocycles. The Kier molecular flexibility index (Phi) is 8.46. The van der Waals surface area contributed by atoms with Crippen molar-refractivity contribution in [3.63, 3.8) is 0 Å². The van der Waals surface area contributed by atoms with Gasteiger partial charge in [-0.25, -0.2) is 4.98 Å². The van der Waals surface area contributed by atoms with Crippen LogP contribution in [-0.4, -0.2) is 47.0 Å². The first kappa shape index (κ1) is 28.3. The molecule has 2 aromatic heterocycles. The van der Waals surface area contributed by atoms with Crippen LogP contribution in [0.3, 0.4) is 0 Å². The Morgan fingerprint density at radius 2 is 1.82 bits per heavy atom. The summed E-state index contributed by atoms with van der Waals surface area (Å²) in [6, 6.07) is 19.2. The number of carbonyl (C=O) groups is 2. The molecule has 0 saturated heterocycles. The molecule has 40 heavy (non-hydrogen) atoms. The van der Waals surface area contributed by atoms with E-state index in [0.29, 0.717) is 23.4 Å². The van der Waals surface area contributed by atoms with Gasteiger partial charge in [0.2, 0.25) is 5.91 Å². The third-order valence-corrected chi connectivity index (χ3v) is 6.17. The van der Waals surface area contributed by atoms with Gasteiger partial charge in [-0.2, -0.15) is 5.26 Å². The lowest BCUT2D eigenvalue weighted by Crippen LogP contribution is -2.23. The number of amides is 1. The quantitative estimate of drug-likeness (QED) is 0.225. The van der Waals surface area contributed by atoms with E-state index in [1.54, 1.807) is 16.8 Å². The summed E-state index contributed by atoms with van der Waals surface area (Å²) in [4.78, 5) is 31.5. The Labute approximate surface area is 234 Å². The Morgan fingerprint density at radius 3 is 2.55 bits per heavy atom. The van der Waals surface area contributed by atoms with Gasteiger partial charge in [-0.15, -0.1) is 0 Å². The number of rotatable bonds is 8. The van der Waals surface area contributed by atoms with Crippen molar-refractivity contribution >= 4 is 28.6 Å². The summed E-state index contributed by atoms with van der Waals surface area (Å²) in [5.41, 5.74) is 4.70. The lowest BCUT2D eigenvalue weighted by molar-refractivity contribution is -0.156. The smallest absolute Gasteiger partial charge is 0.312 e. The van der Waals surface area contributed by atoms with Crippen LogP contribution in [0.1, 0.15) is 26.3 Å². The number of nitrogens with one attached hydrogen (secondary N) is 1. The number of aromatic nitrogens is 2. The van der Waals surface area contributed by atoms with Gasteiger partial charge in [0, 0.05) is 47.2 Å². The maximum absolute atomic E-state index is 12.4. The van der Waals surface area contributed by atoms with Gasteiger partial charge in [0.1, 0.15) is 5.65 Å². The van der Waals surface area contributed by atoms with Crippen molar-refractivity contribution in [2.45, 2.75) is 27.5 Å². The van der Waals surface area contributed by atoms with Crippen LogP contribution >= 0.6 is 0 Å². The highest BCUT2D eigenvalue weighted by Gasteiger charge is 2.23. The minimum atomic E-state index is -0.629. The summed E-state index contributed by atoms with van der Waals surface area (Å²) < 4.78 is 7.39. The van der Waals surface area contributed by atoms with E-state index in [0.717, 1.165) is 27.6 Å². The SMILES string of the molecule is CN(C)CC=CC(=O)Nc1cccc(-c2cnc3c(c2)c(-c2cccc(C#N)c2)cn3COC(=O)C(C)(C)C)c1. The third kappa shape index (κ3) is 6.82. The molecule has 0 fully saturated rings. The van der Waals surface area contributed by atoms with E-state index in [-0.39, 0.29) is 18.6 Å². The van der Waals surface area contributed by atoms with Crippen molar-refractivity contribution in [3.05, 3.63) is 84.7 Å². The van der Waals surface area contributed by atoms with Crippen molar-refractivity contribution < 1.29 is 14.3 Å². The molecular weight excluding hydrogens is 502 g/mol. The van der Waals surface area contributed by atoms with E-state index in [4.69, 9.17) is 9.72 Å². The molecule has 0 saturated carbocycles. The van der Waals surface area contributed by atoms with Gasteiger partial charge in [-0.05, 0) is 76.3 Å². The highest BCUT2D eigenvalue weighted by atomic mass is 16.5. The van der Waals surface area contributed by atoms with Crippen molar-refractivity contribution in [1.82, 2.24) is 14.5 Å². The number of hydrogen-bond acceptors (Lipinski definition) is 6. The zero-order chi connectivity index (χ0) is 28.9. The number of benzene rings is 2. The number of esters is 1. The van der Waals surface area contributed by atoms with Crippen molar-refractivity contribution in [2.75, 3.05) is 26.0 Å². The summed E-state index contributed by atoms with van der Waals surface area (Å²) in [5, 5.41) is 13.2. The molecule has 0 aliphatic carbocycles. The molecule has 0 spiro atoms. The van der Waals surface area contributed by atoms with E-state index in [1.807, 2.05) is 101 Å². The molecule has 8 heteroatoms. The third-order valence-electron chi connectivity index (χ3n) is 6.17. The van der Waals surface area contributed by atoms with E-state index < -0.39 is 5.41 Å². The van der Waals surface area contributed by atoms with E-state index in [1.165, 1.54) is 6.08 Å². The normalized spacial score (nSPS) is 11.6. The van der Waals surface area contributed by atoms with Crippen molar-refractivity contribution in [2.24, 2.45) is 5.41 Å². The molecule has 0 aliphatic heterocycles. The van der Waals surface area contributed by atoms with Gasteiger partial charge in [-0.1, -0.05) is 30.3 Å². The monoisotopic (exact) mass is 535 g/mol. The van der Waals surface area contributed by atoms with Crippen molar-refractivity contribution in [1.29, 1.82) is 5.26 Å². The topological polar surface area (TPSA) is 100 Å². The number of fused-ring (bicyclic) bond motifs is 1. The Bertz CT molecular complexity index is 1620. The second-order valence-corrected chi connectivity index (χ2v) is 10.8. The van der Waals surface area contributed by atoms with Crippen LogP contribution in [0, 0.1) is 16.7 Å². The standard InChI is InChI=1S/C32H33N5O3/c1-32(2,3)31(39)40-21-37-20-28(24-11-6-9-22(15-24)18-33)27-17-25(19-34-30(27)37)23-10-7-12-26(16-23)35-29(38)13-8-14-36(4)5/h6-13,15-17,19-20H,14,21H2,1-5H3,(H,35,38). The van der Waals surface area contributed by atoms with Crippen molar-refractivity contribution in [3.8, 4) is 28.3 Å². The number of carbonyl (C=O) groups excluding carboxylic acids is 2. The molecule has 1 amide bonds. The molecule has 204 valence electrons. The summed E-state index contributed by atoms with van der Waals surface area (Å²) >= 11 is 0. The average Bonchev–Trinajstić information content (AvgIpc) is 3.29. The second kappa shape index (κ2) is 12.0. The number of likely N-dealkylation sites (N-methyl/N-ethyl adjacent to an activating group) is 1. The molecule has 4 rings (SSSR count). The molecule has 0 atom stereocenters. The largest absolute Gasteiger partial charge is 0.443 e. The number of nitrogens with zero attached hydrogens (tertiary/aromatic N) is 4. The van der Waals surface area contributed by atoms with Gasteiger partial charge in [0.25, 0.3) is 0 Å². The highest BCUT2D eigenvalue weighted by molar-refractivity contribution is 6.00. The molecule has 4 aromatic rings. The van der Waals surface area contributed by atoms with Crippen LogP contribution < -0.4 is 5.32 Å². The maximum Gasteiger partial charge on any atom is 0.312 e. The summed E-state index contributed by atoms with van der Waals surface area (Å²) in [6.07, 6.45) is 6.99. The fraction of sp³-hybridized carbons (Fsp3) is 0.250. The zero-order valence-corrected chi connectivity index (χ0v) is 23.4. The summed E-state index contributed by atoms with van der Waals surface area (Å²) in [6.45, 7) is 6.11. The fourth-order valence-corrected chi connectivity index (χ4v) is 4.09. The van der Waals surface area contributed by atoms with E-state index in [2.05, 4.69) is 11.4 Å². The van der Waals surface area contributed by atoms with Crippen LogP contribution in [0.2, 0.25) is 0 Å². The summed E-state index contributed by atoms with van der Waals surface area (Å²) in [7, 11) is 3.88. The molecule has 0 radical (unpaired) electrons. The predicted octanol–water partition coefficient (Wildman–Crippen LogP) is 5.85. The molecule has 2 heterocycles. The lowest BCUT2D eigenvalue weighted by Gasteiger charge is -2.17. The van der Waals surface area contributed by atoms with Gasteiger partial charge in [0.05, 0.1) is 17.0 Å². The average molecular weight is 536 g/mol. The number of nitriles is 1. The first-order valence-electron chi connectivity index (χ1n) is 12.9. The van der Waals surface area contributed by atoms with Gasteiger partial charge in [-0.3, -0.25) is 14.2 Å². The summed E-state index contributed by atoms with van der Waals surface area (Å²) in [5.74, 6) is -0.511. The Morgan fingerprint density at radius 1 is 1.07 bits per heavy atom. The van der Waals surface area contributed by atoms with Crippen LogP contribution in [0.4, 0.5) is 5.69 Å². The van der Waals surface area contributed by atoms with Crippen LogP contribution in [0.15, 0.2) is 79.1 Å². The molecule has 1 N–H and O–H groups in total. The highest BCUT2D eigenvalue weighted by Crippen LogP contribution is 2.34. The van der Waals surface area contributed by atoms with Gasteiger partial charge in [0.15, 0.2) is 6.73 Å². The van der Waals surface area contributed by atoms with E-state index in [9.17, 15) is 14.9 Å². The fourth-order valence-electron chi connectivity index (χ4n) is 4.09. The Hall–Kier alpha value is -4.74. The molecule has 0 unspecified atom stereocenters. The Balaban J connectivity index is 1.71. The molecule has 8 nitrogen and oxygen atoms in total. The first-order valence-corrected chi connectivity index (χ1v) is 12.9. The van der Waals surface area contributed by atoms with Crippen LogP contribution in [0.25, 0.3) is 33.3 Å². The number of ether oxygens (including phenoxy) is 1. The van der Waals surface area contributed by atoms with Gasteiger partial charge >= 0.3 is 5.97 Å². The number of hydrogen-bond donors (Lipinski definition) is 1. The zero-order valence-electron chi connectivity index (χ0n) is 23.4.